The first-order valence-electron chi connectivity index (χ1n) is 8.23. The van der Waals surface area contributed by atoms with Gasteiger partial charge in [-0.1, -0.05) is 30.3 Å². The van der Waals surface area contributed by atoms with Crippen LogP contribution >= 0.6 is 0 Å². The first-order chi connectivity index (χ1) is 11.2. The topological polar surface area (TPSA) is 36.4 Å². The maximum absolute atomic E-state index is 12.5. The SMILES string of the molecule is CCN(CC)C(=O)c1ccnc(N(CC)Cc2ccccc2)c1. The highest BCUT2D eigenvalue weighted by molar-refractivity contribution is 5.94. The summed E-state index contributed by atoms with van der Waals surface area (Å²) < 4.78 is 0. The second kappa shape index (κ2) is 8.32. The highest BCUT2D eigenvalue weighted by Gasteiger charge is 2.15. The summed E-state index contributed by atoms with van der Waals surface area (Å²) in [5.74, 6) is 0.906. The van der Waals surface area contributed by atoms with Gasteiger partial charge in [0.2, 0.25) is 0 Å². The Morgan fingerprint density at radius 1 is 1.00 bits per heavy atom. The van der Waals surface area contributed by atoms with Gasteiger partial charge >= 0.3 is 0 Å². The molecule has 1 amide bonds. The number of carbonyl (C=O) groups is 1. The second-order valence-electron chi connectivity index (χ2n) is 5.38. The van der Waals surface area contributed by atoms with Gasteiger partial charge in [0.05, 0.1) is 0 Å². The molecule has 0 atom stereocenters. The summed E-state index contributed by atoms with van der Waals surface area (Å²) in [6, 6.07) is 14.0. The van der Waals surface area contributed by atoms with Crippen molar-refractivity contribution in [2.24, 2.45) is 0 Å². The van der Waals surface area contributed by atoms with E-state index in [1.54, 1.807) is 12.3 Å². The van der Waals surface area contributed by atoms with Crippen molar-refractivity contribution in [3.05, 3.63) is 59.8 Å². The zero-order chi connectivity index (χ0) is 16.7. The van der Waals surface area contributed by atoms with E-state index in [2.05, 4.69) is 28.9 Å². The highest BCUT2D eigenvalue weighted by atomic mass is 16.2. The number of rotatable bonds is 7. The molecule has 1 heterocycles. The maximum Gasteiger partial charge on any atom is 0.254 e. The van der Waals surface area contributed by atoms with Crippen molar-refractivity contribution >= 4 is 11.7 Å². The van der Waals surface area contributed by atoms with Crippen LogP contribution in [0.1, 0.15) is 36.7 Å². The van der Waals surface area contributed by atoms with Crippen molar-refractivity contribution in [3.63, 3.8) is 0 Å². The molecule has 23 heavy (non-hydrogen) atoms. The van der Waals surface area contributed by atoms with Gasteiger partial charge in [0.25, 0.3) is 5.91 Å². The van der Waals surface area contributed by atoms with Gasteiger partial charge in [-0.05, 0) is 38.5 Å². The van der Waals surface area contributed by atoms with Gasteiger partial charge < -0.3 is 9.80 Å². The molecule has 0 bridgehead atoms. The van der Waals surface area contributed by atoms with Gasteiger partial charge in [-0.15, -0.1) is 0 Å². The number of nitrogens with zero attached hydrogens (tertiary/aromatic N) is 3. The Morgan fingerprint density at radius 3 is 2.30 bits per heavy atom. The summed E-state index contributed by atoms with van der Waals surface area (Å²) in [5.41, 5.74) is 1.93. The fourth-order valence-electron chi connectivity index (χ4n) is 2.58. The number of benzene rings is 1. The minimum atomic E-state index is 0.0643. The minimum Gasteiger partial charge on any atom is -0.353 e. The van der Waals surface area contributed by atoms with Crippen molar-refractivity contribution in [3.8, 4) is 0 Å². The molecular weight excluding hydrogens is 286 g/mol. The van der Waals surface area contributed by atoms with Crippen molar-refractivity contribution in [1.82, 2.24) is 9.88 Å². The number of pyridine rings is 1. The van der Waals surface area contributed by atoms with E-state index in [4.69, 9.17) is 0 Å². The van der Waals surface area contributed by atoms with Crippen LogP contribution in [-0.4, -0.2) is 35.4 Å². The third-order valence-electron chi connectivity index (χ3n) is 3.97. The molecular formula is C19H25N3O. The predicted octanol–water partition coefficient (Wildman–Crippen LogP) is 3.59. The van der Waals surface area contributed by atoms with Crippen LogP contribution in [0.2, 0.25) is 0 Å². The second-order valence-corrected chi connectivity index (χ2v) is 5.38. The standard InChI is InChI=1S/C19H25N3O/c1-4-21(5-2)19(23)17-12-13-20-18(14-17)22(6-3)15-16-10-8-7-9-11-16/h7-14H,4-6,15H2,1-3H3. The van der Waals surface area contributed by atoms with E-state index in [0.29, 0.717) is 18.7 Å². The molecule has 0 aliphatic rings. The zero-order valence-electron chi connectivity index (χ0n) is 14.2. The first kappa shape index (κ1) is 17.0. The lowest BCUT2D eigenvalue weighted by Crippen LogP contribution is -2.31. The number of anilines is 1. The largest absolute Gasteiger partial charge is 0.353 e. The van der Waals surface area contributed by atoms with Crippen molar-refractivity contribution in [2.75, 3.05) is 24.5 Å². The molecule has 0 saturated carbocycles. The molecule has 0 saturated heterocycles. The molecule has 1 aromatic heterocycles. The maximum atomic E-state index is 12.5. The first-order valence-corrected chi connectivity index (χ1v) is 8.23. The van der Waals surface area contributed by atoms with Crippen LogP contribution in [0.15, 0.2) is 48.7 Å². The quantitative estimate of drug-likeness (QED) is 0.784. The van der Waals surface area contributed by atoms with Gasteiger partial charge in [0.1, 0.15) is 5.82 Å². The number of carbonyl (C=O) groups excluding carboxylic acids is 1. The summed E-state index contributed by atoms with van der Waals surface area (Å²) in [6.45, 7) is 9.15. The fourth-order valence-corrected chi connectivity index (χ4v) is 2.58. The third kappa shape index (κ3) is 4.31. The highest BCUT2D eigenvalue weighted by Crippen LogP contribution is 2.17. The lowest BCUT2D eigenvalue weighted by atomic mass is 10.2. The van der Waals surface area contributed by atoms with Gasteiger partial charge in [-0.2, -0.15) is 0 Å². The molecule has 122 valence electrons. The van der Waals surface area contributed by atoms with Crippen LogP contribution in [0.3, 0.4) is 0 Å². The molecule has 0 fully saturated rings. The lowest BCUT2D eigenvalue weighted by Gasteiger charge is -2.23. The van der Waals surface area contributed by atoms with E-state index >= 15 is 0 Å². The van der Waals surface area contributed by atoms with Gasteiger partial charge in [0.15, 0.2) is 0 Å². The average molecular weight is 311 g/mol. The number of hydrogen-bond acceptors (Lipinski definition) is 3. The summed E-state index contributed by atoms with van der Waals surface area (Å²) >= 11 is 0. The zero-order valence-corrected chi connectivity index (χ0v) is 14.2. The molecule has 4 nitrogen and oxygen atoms in total. The van der Waals surface area contributed by atoms with E-state index in [1.807, 2.05) is 43.0 Å². The number of hydrogen-bond donors (Lipinski definition) is 0. The van der Waals surface area contributed by atoms with Gasteiger partial charge in [-0.3, -0.25) is 4.79 Å². The van der Waals surface area contributed by atoms with Crippen LogP contribution in [0.25, 0.3) is 0 Å². The Balaban J connectivity index is 2.21. The smallest absolute Gasteiger partial charge is 0.254 e. The van der Waals surface area contributed by atoms with Crippen molar-refractivity contribution in [2.45, 2.75) is 27.3 Å². The Kier molecular flexibility index (Phi) is 6.15. The van der Waals surface area contributed by atoms with E-state index in [9.17, 15) is 4.79 Å². The summed E-state index contributed by atoms with van der Waals surface area (Å²) in [5, 5.41) is 0. The van der Waals surface area contributed by atoms with E-state index in [0.717, 1.165) is 18.9 Å². The molecule has 1 aromatic carbocycles. The van der Waals surface area contributed by atoms with Gasteiger partial charge in [-0.25, -0.2) is 4.98 Å². The average Bonchev–Trinajstić information content (AvgIpc) is 2.61. The van der Waals surface area contributed by atoms with Crippen molar-refractivity contribution < 1.29 is 4.79 Å². The lowest BCUT2D eigenvalue weighted by molar-refractivity contribution is 0.0773. The number of amides is 1. The summed E-state index contributed by atoms with van der Waals surface area (Å²) in [7, 11) is 0. The van der Waals surface area contributed by atoms with Crippen LogP contribution in [0, 0.1) is 0 Å². The molecule has 2 aromatic rings. The fraction of sp³-hybridized carbons (Fsp3) is 0.368. The predicted molar refractivity (Wildman–Crippen MR) is 94.7 cm³/mol. The van der Waals surface area contributed by atoms with Crippen molar-refractivity contribution in [1.29, 1.82) is 0 Å². The van der Waals surface area contributed by atoms with Crippen LogP contribution in [0.5, 0.6) is 0 Å². The van der Waals surface area contributed by atoms with Gasteiger partial charge in [0, 0.05) is 37.9 Å². The minimum absolute atomic E-state index is 0.0643. The molecule has 0 N–H and O–H groups in total. The molecule has 0 unspecified atom stereocenters. The Labute approximate surface area is 138 Å². The normalized spacial score (nSPS) is 10.4. The molecule has 0 aliphatic carbocycles. The Bertz CT molecular complexity index is 624. The monoisotopic (exact) mass is 311 g/mol. The van der Waals surface area contributed by atoms with Crippen LogP contribution in [0.4, 0.5) is 5.82 Å². The molecule has 0 spiro atoms. The Hall–Kier alpha value is -2.36. The van der Waals surface area contributed by atoms with Crippen LogP contribution < -0.4 is 4.90 Å². The van der Waals surface area contributed by atoms with E-state index < -0.39 is 0 Å². The Morgan fingerprint density at radius 2 is 1.70 bits per heavy atom. The van der Waals surface area contributed by atoms with Crippen LogP contribution in [-0.2, 0) is 6.54 Å². The molecule has 0 aliphatic heterocycles. The summed E-state index contributed by atoms with van der Waals surface area (Å²) in [6.07, 6.45) is 1.72. The summed E-state index contributed by atoms with van der Waals surface area (Å²) in [4.78, 5) is 21.0. The van der Waals surface area contributed by atoms with E-state index in [-0.39, 0.29) is 5.91 Å². The number of aromatic nitrogens is 1. The third-order valence-corrected chi connectivity index (χ3v) is 3.97. The molecule has 4 heteroatoms. The molecule has 0 radical (unpaired) electrons. The van der Waals surface area contributed by atoms with E-state index in [1.165, 1.54) is 5.56 Å². The molecule has 2 rings (SSSR count).